The second kappa shape index (κ2) is 11.6. The highest BCUT2D eigenvalue weighted by molar-refractivity contribution is 7.99. The lowest BCUT2D eigenvalue weighted by atomic mass is 9.94. The van der Waals surface area contributed by atoms with Gasteiger partial charge in [0.05, 0.1) is 16.1 Å². The number of rotatable bonds is 8. The molecule has 0 aliphatic rings. The van der Waals surface area contributed by atoms with Gasteiger partial charge in [0.15, 0.2) is 0 Å². The van der Waals surface area contributed by atoms with Crippen molar-refractivity contribution in [3.05, 3.63) is 69.7 Å². The second-order valence-corrected chi connectivity index (χ2v) is 9.56. The van der Waals surface area contributed by atoms with E-state index in [1.54, 1.807) is 0 Å². The number of nitrogens with two attached hydrogens (primary N) is 1. The van der Waals surface area contributed by atoms with Gasteiger partial charge in [0.1, 0.15) is 28.5 Å². The lowest BCUT2D eigenvalue weighted by Crippen LogP contribution is -2.13. The molecule has 10 heteroatoms. The summed E-state index contributed by atoms with van der Waals surface area (Å²) in [5.74, 6) is -0.952. The number of aromatic carboxylic acids is 1. The van der Waals surface area contributed by atoms with Crippen LogP contribution in [0.15, 0.2) is 47.5 Å². The van der Waals surface area contributed by atoms with Crippen molar-refractivity contribution in [3.8, 4) is 23.3 Å². The Hall–Kier alpha value is -4.05. The summed E-state index contributed by atoms with van der Waals surface area (Å²) in [5.41, 5.74) is 8.80. The SMILES string of the molecule is CC(C)c1ccc(-c2c(C#N)c(N)nc(SCCC(=O)Nc3ccc(Cl)c(C(=O)O)c3)c2C#N)cc1. The first-order valence-corrected chi connectivity index (χ1v) is 12.2. The number of nitrogen functional groups attached to an aromatic ring is 1. The quantitative estimate of drug-likeness (QED) is 0.322. The summed E-state index contributed by atoms with van der Waals surface area (Å²) in [7, 11) is 0. The van der Waals surface area contributed by atoms with Gasteiger partial charge in [0.25, 0.3) is 0 Å². The number of hydrogen-bond acceptors (Lipinski definition) is 7. The smallest absolute Gasteiger partial charge is 0.337 e. The molecule has 182 valence electrons. The zero-order valence-corrected chi connectivity index (χ0v) is 21.1. The first-order chi connectivity index (χ1) is 17.2. The number of carbonyl (C=O) groups excluding carboxylic acids is 1. The van der Waals surface area contributed by atoms with Crippen LogP contribution in [0.2, 0.25) is 5.02 Å². The molecule has 0 unspecified atom stereocenters. The van der Waals surface area contributed by atoms with Gasteiger partial charge >= 0.3 is 5.97 Å². The van der Waals surface area contributed by atoms with Crippen LogP contribution in [0, 0.1) is 22.7 Å². The number of anilines is 2. The Morgan fingerprint density at radius 1 is 1.14 bits per heavy atom. The van der Waals surface area contributed by atoms with Crippen LogP contribution in [-0.4, -0.2) is 27.7 Å². The fraction of sp³-hybridized carbons (Fsp3) is 0.192. The molecule has 0 radical (unpaired) electrons. The molecule has 0 spiro atoms. The first kappa shape index (κ1) is 26.6. The van der Waals surface area contributed by atoms with E-state index < -0.39 is 5.97 Å². The van der Waals surface area contributed by atoms with E-state index in [0.29, 0.717) is 27.8 Å². The molecule has 1 heterocycles. The molecular weight excluding hydrogens is 498 g/mol. The monoisotopic (exact) mass is 519 g/mol. The van der Waals surface area contributed by atoms with Crippen LogP contribution < -0.4 is 11.1 Å². The molecule has 3 rings (SSSR count). The molecule has 1 amide bonds. The minimum atomic E-state index is -1.20. The third-order valence-corrected chi connectivity index (χ3v) is 6.64. The molecule has 1 aromatic heterocycles. The van der Waals surface area contributed by atoms with Gasteiger partial charge in [-0.2, -0.15) is 10.5 Å². The minimum Gasteiger partial charge on any atom is -0.478 e. The Kier molecular flexibility index (Phi) is 8.55. The largest absolute Gasteiger partial charge is 0.478 e. The second-order valence-electron chi connectivity index (χ2n) is 8.07. The summed E-state index contributed by atoms with van der Waals surface area (Å²) in [4.78, 5) is 27.9. The number of nitrogens with zero attached hydrogens (tertiary/aromatic N) is 3. The molecule has 0 aliphatic carbocycles. The van der Waals surface area contributed by atoms with E-state index in [0.717, 1.165) is 5.56 Å². The lowest BCUT2D eigenvalue weighted by molar-refractivity contribution is -0.115. The molecule has 0 atom stereocenters. The predicted molar refractivity (Wildman–Crippen MR) is 140 cm³/mol. The summed E-state index contributed by atoms with van der Waals surface area (Å²) in [6.45, 7) is 4.15. The number of nitrogens with one attached hydrogen (secondary N) is 1. The number of benzene rings is 2. The Bertz CT molecular complexity index is 1410. The normalized spacial score (nSPS) is 10.5. The molecule has 0 saturated heterocycles. The average Bonchev–Trinajstić information content (AvgIpc) is 2.84. The van der Waals surface area contributed by atoms with Crippen molar-refractivity contribution in [1.82, 2.24) is 4.98 Å². The highest BCUT2D eigenvalue weighted by atomic mass is 35.5. The van der Waals surface area contributed by atoms with Crippen LogP contribution in [0.25, 0.3) is 11.1 Å². The van der Waals surface area contributed by atoms with Crippen molar-refractivity contribution in [2.75, 3.05) is 16.8 Å². The maximum Gasteiger partial charge on any atom is 0.337 e. The van der Waals surface area contributed by atoms with E-state index in [1.165, 1.54) is 30.0 Å². The maximum atomic E-state index is 12.4. The van der Waals surface area contributed by atoms with Crippen LogP contribution in [0.3, 0.4) is 0 Å². The molecular formula is C26H22ClN5O3S. The van der Waals surface area contributed by atoms with Gasteiger partial charge in [0, 0.05) is 23.4 Å². The highest BCUT2D eigenvalue weighted by Crippen LogP contribution is 2.36. The number of aromatic nitrogens is 1. The Morgan fingerprint density at radius 2 is 1.81 bits per heavy atom. The molecule has 3 aromatic rings. The molecule has 0 fully saturated rings. The van der Waals surface area contributed by atoms with Gasteiger partial charge < -0.3 is 16.2 Å². The van der Waals surface area contributed by atoms with Gasteiger partial charge in [-0.15, -0.1) is 11.8 Å². The maximum absolute atomic E-state index is 12.4. The Labute approximate surface area is 217 Å². The van der Waals surface area contributed by atoms with Gasteiger partial charge in [-0.1, -0.05) is 49.7 Å². The van der Waals surface area contributed by atoms with Crippen LogP contribution in [0.4, 0.5) is 11.5 Å². The van der Waals surface area contributed by atoms with Gasteiger partial charge in [-0.05, 0) is 35.2 Å². The number of pyridine rings is 1. The summed E-state index contributed by atoms with van der Waals surface area (Å²) in [6.07, 6.45) is 0.0561. The van der Waals surface area contributed by atoms with Crippen molar-refractivity contribution < 1.29 is 14.7 Å². The first-order valence-electron chi connectivity index (χ1n) is 10.9. The number of carboxylic acids is 1. The number of amides is 1. The Morgan fingerprint density at radius 3 is 2.39 bits per heavy atom. The predicted octanol–water partition coefficient (Wildman–Crippen LogP) is 5.67. The molecule has 0 saturated carbocycles. The van der Waals surface area contributed by atoms with Crippen LogP contribution in [-0.2, 0) is 4.79 Å². The van der Waals surface area contributed by atoms with Crippen LogP contribution in [0.1, 0.15) is 53.2 Å². The molecule has 4 N–H and O–H groups in total. The molecule has 0 bridgehead atoms. The number of halogens is 1. The van der Waals surface area contributed by atoms with E-state index in [4.69, 9.17) is 17.3 Å². The summed E-state index contributed by atoms with van der Waals surface area (Å²) in [6, 6.07) is 16.0. The number of carbonyl (C=O) groups is 2. The third-order valence-electron chi connectivity index (χ3n) is 5.33. The number of nitriles is 2. The van der Waals surface area contributed by atoms with Crippen molar-refractivity contribution in [1.29, 1.82) is 10.5 Å². The van der Waals surface area contributed by atoms with Gasteiger partial charge in [-0.25, -0.2) is 9.78 Å². The Balaban J connectivity index is 1.81. The molecule has 2 aromatic carbocycles. The standard InChI is InChI=1S/C26H22ClN5O3S/c1-14(2)15-3-5-16(6-4-15)23-19(12-28)24(30)32-25(20(23)13-29)36-10-9-22(33)31-17-7-8-21(27)18(11-17)26(34)35/h3-8,11,14H,9-10H2,1-2H3,(H2,30,32)(H,31,33)(H,34,35). The van der Waals surface area contributed by atoms with Crippen LogP contribution >= 0.6 is 23.4 Å². The van der Waals surface area contributed by atoms with Gasteiger partial charge in [-0.3, -0.25) is 4.79 Å². The van der Waals surface area contributed by atoms with E-state index >= 15 is 0 Å². The van der Waals surface area contributed by atoms with Crippen molar-refractivity contribution in [3.63, 3.8) is 0 Å². The fourth-order valence-electron chi connectivity index (χ4n) is 3.46. The average molecular weight is 520 g/mol. The zero-order valence-electron chi connectivity index (χ0n) is 19.5. The third kappa shape index (κ3) is 5.95. The molecule has 0 aliphatic heterocycles. The van der Waals surface area contributed by atoms with E-state index in [1.807, 2.05) is 24.3 Å². The van der Waals surface area contributed by atoms with E-state index in [-0.39, 0.29) is 45.6 Å². The van der Waals surface area contributed by atoms with Gasteiger partial charge in [0.2, 0.25) is 5.91 Å². The van der Waals surface area contributed by atoms with E-state index in [9.17, 15) is 25.2 Å². The van der Waals surface area contributed by atoms with Crippen molar-refractivity contribution in [2.45, 2.75) is 31.2 Å². The van der Waals surface area contributed by atoms with Crippen molar-refractivity contribution >= 4 is 46.7 Å². The summed E-state index contributed by atoms with van der Waals surface area (Å²) < 4.78 is 0. The number of carboxylic acid groups (broad SMARTS) is 1. The number of hydrogen-bond donors (Lipinski definition) is 3. The van der Waals surface area contributed by atoms with E-state index in [2.05, 4.69) is 36.3 Å². The lowest BCUT2D eigenvalue weighted by Gasteiger charge is -2.14. The topological polar surface area (TPSA) is 153 Å². The fourth-order valence-corrected chi connectivity index (χ4v) is 4.59. The number of thioether (sulfide) groups is 1. The summed E-state index contributed by atoms with van der Waals surface area (Å²) >= 11 is 7.03. The molecule has 8 nitrogen and oxygen atoms in total. The molecule has 36 heavy (non-hydrogen) atoms. The van der Waals surface area contributed by atoms with Crippen LogP contribution in [0.5, 0.6) is 0 Å². The highest BCUT2D eigenvalue weighted by Gasteiger charge is 2.21. The van der Waals surface area contributed by atoms with Crippen molar-refractivity contribution in [2.24, 2.45) is 0 Å². The zero-order chi connectivity index (χ0) is 26.4. The summed E-state index contributed by atoms with van der Waals surface area (Å²) in [5, 5.41) is 31.8. The minimum absolute atomic E-state index is 0.00810.